The predicted molar refractivity (Wildman–Crippen MR) is 78.5 cm³/mol. The number of halogens is 2. The van der Waals surface area contributed by atoms with Crippen molar-refractivity contribution in [2.24, 2.45) is 0 Å². The van der Waals surface area contributed by atoms with Crippen molar-refractivity contribution in [3.63, 3.8) is 0 Å². The topological polar surface area (TPSA) is 42.0 Å². The molecule has 1 amide bonds. The summed E-state index contributed by atoms with van der Waals surface area (Å²) in [7, 11) is 0. The molecule has 0 aliphatic carbocycles. The molecule has 2 rings (SSSR count). The minimum absolute atomic E-state index is 0.163. The van der Waals surface area contributed by atoms with E-state index < -0.39 is 0 Å². The van der Waals surface area contributed by atoms with E-state index in [0.29, 0.717) is 16.6 Å². The van der Waals surface area contributed by atoms with Crippen molar-refractivity contribution >= 4 is 49.9 Å². The number of alkyl halides is 1. The van der Waals surface area contributed by atoms with E-state index in [0.717, 1.165) is 15.7 Å². The van der Waals surface area contributed by atoms with E-state index in [1.54, 1.807) is 6.07 Å². The second-order valence-corrected chi connectivity index (χ2v) is 5.62. The number of thiazole rings is 1. The first-order valence-electron chi connectivity index (χ1n) is 5.18. The van der Waals surface area contributed by atoms with Gasteiger partial charge in [0.15, 0.2) is 5.13 Å². The van der Waals surface area contributed by atoms with E-state index in [-0.39, 0.29) is 5.91 Å². The molecule has 1 N–H and O–H groups in total. The number of rotatable bonds is 3. The molecule has 0 unspecified atom stereocenters. The van der Waals surface area contributed by atoms with Crippen molar-refractivity contribution in [2.45, 2.75) is 12.8 Å². The molecule has 1 aromatic heterocycles. The molecule has 18 heavy (non-hydrogen) atoms. The first-order valence-corrected chi connectivity index (χ1v) is 7.39. The van der Waals surface area contributed by atoms with E-state index in [2.05, 4.69) is 26.2 Å². The third-order valence-corrected chi connectivity index (χ3v) is 4.36. The van der Waals surface area contributed by atoms with Crippen LogP contribution in [-0.4, -0.2) is 10.9 Å². The minimum Gasteiger partial charge on any atom is -0.298 e. The number of hydrogen-bond acceptors (Lipinski definition) is 3. The quantitative estimate of drug-likeness (QED) is 0.847. The van der Waals surface area contributed by atoms with Crippen molar-refractivity contribution in [1.82, 2.24) is 4.98 Å². The number of nitrogens with one attached hydrogen (secondary N) is 1. The van der Waals surface area contributed by atoms with Crippen LogP contribution in [0.15, 0.2) is 28.1 Å². The molecule has 0 bridgehead atoms. The maximum absolute atomic E-state index is 12.1. The highest BCUT2D eigenvalue weighted by Crippen LogP contribution is 2.22. The van der Waals surface area contributed by atoms with Crippen LogP contribution in [-0.2, 0) is 5.88 Å². The molecule has 1 aromatic carbocycles. The van der Waals surface area contributed by atoms with Crippen LogP contribution in [0.2, 0.25) is 0 Å². The average molecular weight is 346 g/mol. The van der Waals surface area contributed by atoms with Crippen LogP contribution in [0, 0.1) is 6.92 Å². The van der Waals surface area contributed by atoms with Crippen molar-refractivity contribution in [3.05, 3.63) is 44.9 Å². The fraction of sp³-hybridized carbons (Fsp3) is 0.167. The molecule has 0 saturated carbocycles. The highest BCUT2D eigenvalue weighted by molar-refractivity contribution is 9.10. The van der Waals surface area contributed by atoms with Gasteiger partial charge in [0.2, 0.25) is 0 Å². The maximum atomic E-state index is 12.1. The van der Waals surface area contributed by atoms with Crippen LogP contribution >= 0.6 is 38.9 Å². The second-order valence-electron chi connectivity index (χ2n) is 3.64. The SMILES string of the molecule is Cc1c(Br)cccc1C(=O)Nc1nc(CCl)cs1. The van der Waals surface area contributed by atoms with Crippen molar-refractivity contribution < 1.29 is 4.79 Å². The highest BCUT2D eigenvalue weighted by Gasteiger charge is 2.12. The van der Waals surface area contributed by atoms with Gasteiger partial charge in [-0.3, -0.25) is 10.1 Å². The molecule has 1 heterocycles. The molecule has 0 radical (unpaired) electrons. The largest absolute Gasteiger partial charge is 0.298 e. The van der Waals surface area contributed by atoms with E-state index in [9.17, 15) is 4.79 Å². The van der Waals surface area contributed by atoms with Crippen LogP contribution in [0.5, 0.6) is 0 Å². The highest BCUT2D eigenvalue weighted by atomic mass is 79.9. The third-order valence-electron chi connectivity index (χ3n) is 2.42. The molecular formula is C12H10BrClN2OS. The summed E-state index contributed by atoms with van der Waals surface area (Å²) >= 11 is 10.4. The summed E-state index contributed by atoms with van der Waals surface area (Å²) in [5.74, 6) is 0.187. The van der Waals surface area contributed by atoms with Gasteiger partial charge in [0.1, 0.15) is 0 Å². The molecule has 6 heteroatoms. The van der Waals surface area contributed by atoms with Gasteiger partial charge in [-0.2, -0.15) is 0 Å². The molecule has 0 spiro atoms. The Labute approximate surface area is 122 Å². The molecule has 0 fully saturated rings. The van der Waals surface area contributed by atoms with Gasteiger partial charge in [0, 0.05) is 15.4 Å². The monoisotopic (exact) mass is 344 g/mol. The molecule has 0 atom stereocenters. The van der Waals surface area contributed by atoms with E-state index in [1.165, 1.54) is 11.3 Å². The molecular weight excluding hydrogens is 336 g/mol. The van der Waals surface area contributed by atoms with Crippen molar-refractivity contribution in [2.75, 3.05) is 5.32 Å². The number of carbonyl (C=O) groups excluding carboxylic acids is 1. The zero-order valence-corrected chi connectivity index (χ0v) is 12.7. The lowest BCUT2D eigenvalue weighted by atomic mass is 10.1. The predicted octanol–water partition coefficient (Wildman–Crippen LogP) is 4.21. The van der Waals surface area contributed by atoms with Gasteiger partial charge in [-0.15, -0.1) is 22.9 Å². The molecule has 0 saturated heterocycles. The number of hydrogen-bond donors (Lipinski definition) is 1. The number of nitrogens with zero attached hydrogens (tertiary/aromatic N) is 1. The van der Waals surface area contributed by atoms with Gasteiger partial charge in [0.25, 0.3) is 5.91 Å². The Balaban J connectivity index is 2.19. The maximum Gasteiger partial charge on any atom is 0.257 e. The minimum atomic E-state index is -0.163. The summed E-state index contributed by atoms with van der Waals surface area (Å²) in [5.41, 5.74) is 2.30. The Hall–Kier alpha value is -0.910. The lowest BCUT2D eigenvalue weighted by Gasteiger charge is -2.06. The second kappa shape index (κ2) is 5.82. The summed E-state index contributed by atoms with van der Waals surface area (Å²) in [6.45, 7) is 1.89. The summed E-state index contributed by atoms with van der Waals surface area (Å²) < 4.78 is 0.913. The Morgan fingerprint density at radius 1 is 1.56 bits per heavy atom. The van der Waals surface area contributed by atoms with Crippen LogP contribution in [0.1, 0.15) is 21.6 Å². The van der Waals surface area contributed by atoms with Gasteiger partial charge in [-0.1, -0.05) is 22.0 Å². The molecule has 0 aliphatic heterocycles. The van der Waals surface area contributed by atoms with Crippen molar-refractivity contribution in [1.29, 1.82) is 0 Å². The summed E-state index contributed by atoms with van der Waals surface area (Å²) in [5, 5.41) is 5.16. The Morgan fingerprint density at radius 2 is 2.33 bits per heavy atom. The van der Waals surface area contributed by atoms with E-state index in [4.69, 9.17) is 11.6 Å². The zero-order valence-electron chi connectivity index (χ0n) is 9.54. The van der Waals surface area contributed by atoms with Gasteiger partial charge in [-0.05, 0) is 24.6 Å². The molecule has 94 valence electrons. The summed E-state index contributed by atoms with van der Waals surface area (Å²) in [6.07, 6.45) is 0. The average Bonchev–Trinajstić information content (AvgIpc) is 2.80. The normalized spacial score (nSPS) is 10.4. The van der Waals surface area contributed by atoms with Gasteiger partial charge in [0.05, 0.1) is 11.6 Å². The molecule has 3 nitrogen and oxygen atoms in total. The first kappa shape index (κ1) is 13.5. The number of amides is 1. The lowest BCUT2D eigenvalue weighted by Crippen LogP contribution is -2.13. The number of benzene rings is 1. The summed E-state index contributed by atoms with van der Waals surface area (Å²) in [4.78, 5) is 16.3. The van der Waals surface area contributed by atoms with Crippen LogP contribution in [0.3, 0.4) is 0 Å². The number of anilines is 1. The number of carbonyl (C=O) groups is 1. The third kappa shape index (κ3) is 2.91. The molecule has 2 aromatic rings. The lowest BCUT2D eigenvalue weighted by molar-refractivity contribution is 0.102. The Kier molecular flexibility index (Phi) is 4.37. The standard InChI is InChI=1S/C12H10BrClN2OS/c1-7-9(3-2-4-10(7)13)11(17)16-12-15-8(5-14)6-18-12/h2-4,6H,5H2,1H3,(H,15,16,17). The fourth-order valence-corrected chi connectivity index (χ4v) is 2.74. The Bertz CT molecular complexity index is 585. The van der Waals surface area contributed by atoms with Gasteiger partial charge in [-0.25, -0.2) is 4.98 Å². The Morgan fingerprint density at radius 3 is 3.00 bits per heavy atom. The zero-order chi connectivity index (χ0) is 13.1. The van der Waals surface area contributed by atoms with Crippen LogP contribution < -0.4 is 5.32 Å². The van der Waals surface area contributed by atoms with Crippen molar-refractivity contribution in [3.8, 4) is 0 Å². The summed E-state index contributed by atoms with van der Waals surface area (Å²) in [6, 6.07) is 5.52. The van der Waals surface area contributed by atoms with Crippen LogP contribution in [0.4, 0.5) is 5.13 Å². The smallest absolute Gasteiger partial charge is 0.257 e. The van der Waals surface area contributed by atoms with Gasteiger partial charge >= 0.3 is 0 Å². The van der Waals surface area contributed by atoms with Gasteiger partial charge < -0.3 is 0 Å². The molecule has 0 aliphatic rings. The first-order chi connectivity index (χ1) is 8.61. The van der Waals surface area contributed by atoms with E-state index in [1.807, 2.05) is 24.4 Å². The van der Waals surface area contributed by atoms with E-state index >= 15 is 0 Å². The van der Waals surface area contributed by atoms with Crippen LogP contribution in [0.25, 0.3) is 0 Å². The number of aromatic nitrogens is 1. The fourth-order valence-electron chi connectivity index (χ4n) is 1.44.